The van der Waals surface area contributed by atoms with E-state index in [4.69, 9.17) is 0 Å². The Morgan fingerprint density at radius 3 is 2.71 bits per heavy atom. The zero-order chi connectivity index (χ0) is 17.9. The van der Waals surface area contributed by atoms with Crippen LogP contribution in [-0.2, 0) is 15.0 Å². The highest BCUT2D eigenvalue weighted by atomic mass is 32.2. The summed E-state index contributed by atoms with van der Waals surface area (Å²) in [4.78, 5) is 12.2. The molecule has 134 valence electrons. The lowest BCUT2D eigenvalue weighted by molar-refractivity contribution is -0.119. The molecular formula is C15H21F2N3O3S. The third-order valence-electron chi connectivity index (χ3n) is 4.01. The molecule has 2 N–H and O–H groups in total. The maximum absolute atomic E-state index is 13.2. The number of benzene rings is 1. The van der Waals surface area contributed by atoms with Gasteiger partial charge in [0, 0.05) is 30.9 Å². The van der Waals surface area contributed by atoms with Gasteiger partial charge in [-0.25, -0.2) is 8.78 Å². The molecule has 0 aliphatic carbocycles. The average Bonchev–Trinajstić information content (AvgIpc) is 3.01. The number of rotatable bonds is 6. The van der Waals surface area contributed by atoms with Crippen molar-refractivity contribution in [2.75, 3.05) is 18.4 Å². The zero-order valence-electron chi connectivity index (χ0n) is 13.6. The van der Waals surface area contributed by atoms with Gasteiger partial charge in [0.15, 0.2) is 11.6 Å². The number of hydrogen-bond acceptors (Lipinski definition) is 3. The molecule has 0 radical (unpaired) electrons. The largest absolute Gasteiger partial charge is 0.326 e. The van der Waals surface area contributed by atoms with Crippen LogP contribution in [0.4, 0.5) is 14.5 Å². The summed E-state index contributed by atoms with van der Waals surface area (Å²) in [5, 5.41) is 2.49. The fraction of sp³-hybridized carbons (Fsp3) is 0.533. The van der Waals surface area contributed by atoms with E-state index < -0.39 is 33.7 Å². The van der Waals surface area contributed by atoms with E-state index in [2.05, 4.69) is 10.0 Å². The summed E-state index contributed by atoms with van der Waals surface area (Å²) in [5.41, 5.74) is 0.137. The molecule has 1 heterocycles. The predicted octanol–water partition coefficient (Wildman–Crippen LogP) is 1.86. The van der Waals surface area contributed by atoms with E-state index in [0.29, 0.717) is 12.8 Å². The number of amides is 1. The van der Waals surface area contributed by atoms with E-state index >= 15 is 0 Å². The Hall–Kier alpha value is -1.58. The topological polar surface area (TPSA) is 78.5 Å². The molecule has 2 atom stereocenters. The molecule has 1 saturated heterocycles. The molecule has 1 fully saturated rings. The second-order valence-corrected chi connectivity index (χ2v) is 7.60. The van der Waals surface area contributed by atoms with Crippen LogP contribution in [0.15, 0.2) is 18.2 Å². The Labute approximate surface area is 140 Å². The van der Waals surface area contributed by atoms with Gasteiger partial charge in [0.05, 0.1) is 5.92 Å². The van der Waals surface area contributed by atoms with Gasteiger partial charge in [-0.3, -0.25) is 4.79 Å². The Bertz CT molecular complexity index is 712. The SMILES string of the molecule is CC[C@@H](C)NS(=O)(=O)N1CCC(C(=O)Nc2ccc(F)c(F)c2)C1. The normalized spacial score (nSPS) is 20.1. The number of nitrogens with one attached hydrogen (secondary N) is 2. The number of hydrogen-bond donors (Lipinski definition) is 2. The summed E-state index contributed by atoms with van der Waals surface area (Å²) in [6, 6.07) is 2.88. The second kappa shape index (κ2) is 7.54. The molecule has 0 spiro atoms. The smallest absolute Gasteiger partial charge is 0.279 e. The Kier molecular flexibility index (Phi) is 5.89. The minimum atomic E-state index is -3.63. The molecule has 9 heteroatoms. The molecule has 1 unspecified atom stereocenters. The second-order valence-electron chi connectivity index (χ2n) is 5.89. The van der Waals surface area contributed by atoms with Gasteiger partial charge in [0.2, 0.25) is 5.91 Å². The molecular weight excluding hydrogens is 340 g/mol. The van der Waals surface area contributed by atoms with Crippen LogP contribution in [0.25, 0.3) is 0 Å². The van der Waals surface area contributed by atoms with Crippen LogP contribution in [0.2, 0.25) is 0 Å². The third-order valence-corrected chi connectivity index (χ3v) is 5.72. The highest BCUT2D eigenvalue weighted by Crippen LogP contribution is 2.21. The Morgan fingerprint density at radius 1 is 1.38 bits per heavy atom. The van der Waals surface area contributed by atoms with Gasteiger partial charge < -0.3 is 5.32 Å². The van der Waals surface area contributed by atoms with Gasteiger partial charge in [-0.05, 0) is 31.9 Å². The predicted molar refractivity (Wildman–Crippen MR) is 86.5 cm³/mol. The summed E-state index contributed by atoms with van der Waals surface area (Å²) >= 11 is 0. The van der Waals surface area contributed by atoms with E-state index in [1.807, 2.05) is 6.92 Å². The van der Waals surface area contributed by atoms with Crippen LogP contribution in [0.1, 0.15) is 26.7 Å². The molecule has 6 nitrogen and oxygen atoms in total. The zero-order valence-corrected chi connectivity index (χ0v) is 14.4. The summed E-state index contributed by atoms with van der Waals surface area (Å²) in [6.07, 6.45) is 1.03. The lowest BCUT2D eigenvalue weighted by Gasteiger charge is -2.20. The van der Waals surface area contributed by atoms with Crippen molar-refractivity contribution in [3.05, 3.63) is 29.8 Å². The first kappa shape index (κ1) is 18.8. The van der Waals surface area contributed by atoms with Crippen LogP contribution < -0.4 is 10.0 Å². The van der Waals surface area contributed by atoms with Gasteiger partial charge in [-0.2, -0.15) is 17.4 Å². The van der Waals surface area contributed by atoms with Gasteiger partial charge in [-0.1, -0.05) is 6.92 Å². The molecule has 24 heavy (non-hydrogen) atoms. The third kappa shape index (κ3) is 4.49. The first-order valence-corrected chi connectivity index (χ1v) is 9.20. The summed E-state index contributed by atoms with van der Waals surface area (Å²) in [5.74, 6) is -3.00. The fourth-order valence-corrected chi connectivity index (χ4v) is 3.94. The first-order chi connectivity index (χ1) is 11.2. The Balaban J connectivity index is 1.97. The summed E-state index contributed by atoms with van der Waals surface area (Å²) in [6.45, 7) is 3.93. The maximum Gasteiger partial charge on any atom is 0.279 e. The van der Waals surface area contributed by atoms with E-state index in [9.17, 15) is 22.0 Å². The quantitative estimate of drug-likeness (QED) is 0.812. The molecule has 1 aliphatic rings. The highest BCUT2D eigenvalue weighted by molar-refractivity contribution is 7.87. The van der Waals surface area contributed by atoms with Gasteiger partial charge in [0.1, 0.15) is 0 Å². The van der Waals surface area contributed by atoms with E-state index in [-0.39, 0.29) is 24.8 Å². The van der Waals surface area contributed by atoms with Crippen molar-refractivity contribution in [1.29, 1.82) is 0 Å². The van der Waals surface area contributed by atoms with Crippen molar-refractivity contribution in [2.45, 2.75) is 32.7 Å². The molecule has 0 bridgehead atoms. The van der Waals surface area contributed by atoms with Crippen molar-refractivity contribution < 1.29 is 22.0 Å². The number of halogens is 2. The number of carbonyl (C=O) groups excluding carboxylic acids is 1. The monoisotopic (exact) mass is 361 g/mol. The number of anilines is 1. The average molecular weight is 361 g/mol. The van der Waals surface area contributed by atoms with Gasteiger partial charge in [0.25, 0.3) is 10.2 Å². The lowest BCUT2D eigenvalue weighted by Crippen LogP contribution is -2.43. The number of carbonyl (C=O) groups is 1. The Morgan fingerprint density at radius 2 is 2.08 bits per heavy atom. The van der Waals surface area contributed by atoms with Crippen molar-refractivity contribution in [1.82, 2.24) is 9.03 Å². The van der Waals surface area contributed by atoms with Crippen LogP contribution >= 0.6 is 0 Å². The molecule has 0 saturated carbocycles. The minimum absolute atomic E-state index is 0.0568. The maximum atomic E-state index is 13.2. The van der Waals surface area contributed by atoms with Crippen molar-refractivity contribution in [3.63, 3.8) is 0 Å². The van der Waals surface area contributed by atoms with Crippen molar-refractivity contribution in [2.24, 2.45) is 5.92 Å². The fourth-order valence-electron chi connectivity index (χ4n) is 2.39. The van der Waals surface area contributed by atoms with Gasteiger partial charge in [-0.15, -0.1) is 0 Å². The molecule has 1 aliphatic heterocycles. The summed E-state index contributed by atoms with van der Waals surface area (Å²) < 4.78 is 54.2. The molecule has 0 aromatic heterocycles. The minimum Gasteiger partial charge on any atom is -0.326 e. The lowest BCUT2D eigenvalue weighted by atomic mass is 10.1. The standard InChI is InChI=1S/C15H21F2N3O3S/c1-3-10(2)19-24(22,23)20-7-6-11(9-20)15(21)18-12-4-5-13(16)14(17)8-12/h4-5,8,10-11,19H,3,6-7,9H2,1-2H3,(H,18,21)/t10-,11?/m1/s1. The number of nitrogens with zero attached hydrogens (tertiary/aromatic N) is 1. The highest BCUT2D eigenvalue weighted by Gasteiger charge is 2.35. The van der Waals surface area contributed by atoms with Gasteiger partial charge >= 0.3 is 0 Å². The van der Waals surface area contributed by atoms with Crippen LogP contribution in [-0.4, -0.2) is 37.8 Å². The van der Waals surface area contributed by atoms with E-state index in [0.717, 1.165) is 12.1 Å². The van der Waals surface area contributed by atoms with Crippen molar-refractivity contribution in [3.8, 4) is 0 Å². The molecule has 1 aromatic carbocycles. The van der Waals surface area contributed by atoms with Crippen LogP contribution in [0.3, 0.4) is 0 Å². The molecule has 1 aromatic rings. The molecule has 1 amide bonds. The summed E-state index contributed by atoms with van der Waals surface area (Å²) in [7, 11) is -3.63. The van der Waals surface area contributed by atoms with Crippen LogP contribution in [0, 0.1) is 17.6 Å². The van der Waals surface area contributed by atoms with Crippen molar-refractivity contribution >= 4 is 21.8 Å². The first-order valence-electron chi connectivity index (χ1n) is 7.76. The van der Waals surface area contributed by atoms with E-state index in [1.54, 1.807) is 6.92 Å². The molecule has 2 rings (SSSR count). The van der Waals surface area contributed by atoms with E-state index in [1.165, 1.54) is 10.4 Å². The van der Waals surface area contributed by atoms with Crippen LogP contribution in [0.5, 0.6) is 0 Å².